The maximum Gasteiger partial charge on any atom is 0.338 e. The molecule has 0 spiro atoms. The largest absolute Gasteiger partial charge is 0.465 e. The second kappa shape index (κ2) is 5.81. The molecule has 0 heterocycles. The molecule has 0 N–H and O–H groups in total. The monoisotopic (exact) mass is 322 g/mol. The van der Waals surface area contributed by atoms with Crippen LogP contribution in [-0.4, -0.2) is 26.2 Å². The number of ether oxygens (including phenoxy) is 2. The van der Waals surface area contributed by atoms with Gasteiger partial charge in [0.1, 0.15) is 0 Å². The zero-order valence-corrected chi connectivity index (χ0v) is 16.1. The molecule has 1 aliphatic rings. The van der Waals surface area contributed by atoms with Gasteiger partial charge in [0.2, 0.25) is 0 Å². The minimum absolute atomic E-state index is 0.205. The molecule has 0 atom stereocenters. The van der Waals surface area contributed by atoms with E-state index in [0.29, 0.717) is 11.1 Å². The summed E-state index contributed by atoms with van der Waals surface area (Å²) in [5, 5.41) is 0. The Morgan fingerprint density at radius 2 is 0.957 bits per heavy atom. The van der Waals surface area contributed by atoms with E-state index in [1.807, 2.05) is 13.8 Å². The Balaban J connectivity index is 4.03. The van der Waals surface area contributed by atoms with E-state index < -0.39 is 11.9 Å². The van der Waals surface area contributed by atoms with E-state index in [1.54, 1.807) is 0 Å². The van der Waals surface area contributed by atoms with Gasteiger partial charge < -0.3 is 9.47 Å². The van der Waals surface area contributed by atoms with Gasteiger partial charge in [0.25, 0.3) is 0 Å². The third-order valence-corrected chi connectivity index (χ3v) is 6.78. The van der Waals surface area contributed by atoms with E-state index in [1.165, 1.54) is 14.2 Å². The molecule has 0 fully saturated rings. The zero-order chi connectivity index (χ0) is 18.4. The number of esters is 2. The molecule has 0 unspecified atom stereocenters. The first-order chi connectivity index (χ1) is 10.3. The number of rotatable bonds is 2. The van der Waals surface area contributed by atoms with E-state index in [0.717, 1.165) is 11.1 Å². The summed E-state index contributed by atoms with van der Waals surface area (Å²) in [5.41, 5.74) is 1.51. The smallest absolute Gasteiger partial charge is 0.338 e. The van der Waals surface area contributed by atoms with Crippen molar-refractivity contribution in [3.8, 4) is 0 Å². The maximum atomic E-state index is 12.5. The molecule has 0 bridgehead atoms. The van der Waals surface area contributed by atoms with Crippen LogP contribution in [0.5, 0.6) is 0 Å². The molecule has 130 valence electrons. The average Bonchev–Trinajstić information content (AvgIpc) is 2.50. The van der Waals surface area contributed by atoms with Gasteiger partial charge in [-0.15, -0.1) is 0 Å². The summed E-state index contributed by atoms with van der Waals surface area (Å²) in [7, 11) is 2.67. The van der Waals surface area contributed by atoms with Crippen molar-refractivity contribution in [2.75, 3.05) is 14.2 Å². The van der Waals surface area contributed by atoms with Gasteiger partial charge in [-0.25, -0.2) is 9.59 Å². The molecule has 0 aromatic rings. The van der Waals surface area contributed by atoms with Gasteiger partial charge in [0.05, 0.1) is 25.4 Å². The second-order valence-corrected chi connectivity index (χ2v) is 7.86. The number of hydrogen-bond acceptors (Lipinski definition) is 4. The molecular formula is C19H30O4. The molecule has 4 heteroatoms. The first-order valence-electron chi connectivity index (χ1n) is 7.88. The summed E-state index contributed by atoms with van der Waals surface area (Å²) in [5.74, 6) is -0.993. The topological polar surface area (TPSA) is 52.6 Å². The fraction of sp³-hybridized carbons (Fsp3) is 0.684. The highest BCUT2D eigenvalue weighted by molar-refractivity contribution is 6.08. The number of allylic oxidation sites excluding steroid dienone is 2. The van der Waals surface area contributed by atoms with Gasteiger partial charge in [0, 0.05) is 0 Å². The SMILES string of the molecule is COC(=O)C1=C(C)C(C)(C)C(C)(C)C(C)(C)C(C)=C1C(=O)OC. The van der Waals surface area contributed by atoms with Crippen LogP contribution in [0, 0.1) is 16.2 Å². The van der Waals surface area contributed by atoms with E-state index in [-0.39, 0.29) is 16.2 Å². The van der Waals surface area contributed by atoms with Crippen molar-refractivity contribution in [2.45, 2.75) is 55.4 Å². The maximum absolute atomic E-state index is 12.5. The first kappa shape index (κ1) is 19.5. The third-order valence-electron chi connectivity index (χ3n) is 6.78. The lowest BCUT2D eigenvalue weighted by atomic mass is 9.52. The summed E-state index contributed by atoms with van der Waals surface area (Å²) in [4.78, 5) is 25.0. The summed E-state index contributed by atoms with van der Waals surface area (Å²) in [6.45, 7) is 16.6. The normalized spacial score (nSPS) is 22.5. The van der Waals surface area contributed by atoms with Gasteiger partial charge in [-0.3, -0.25) is 0 Å². The van der Waals surface area contributed by atoms with Crippen LogP contribution in [0.1, 0.15) is 55.4 Å². The fourth-order valence-electron chi connectivity index (χ4n) is 3.43. The summed E-state index contributed by atoms with van der Waals surface area (Å²) in [6, 6.07) is 0. The molecular weight excluding hydrogens is 292 g/mol. The first-order valence-corrected chi connectivity index (χ1v) is 7.88. The van der Waals surface area contributed by atoms with E-state index in [2.05, 4.69) is 41.5 Å². The van der Waals surface area contributed by atoms with E-state index in [9.17, 15) is 9.59 Å². The quantitative estimate of drug-likeness (QED) is 0.720. The molecule has 0 aromatic carbocycles. The molecule has 0 amide bonds. The Hall–Kier alpha value is -1.58. The standard InChI is InChI=1S/C19H30O4/c1-11-13(15(20)22-9)14(16(21)23-10)12(2)18(5,6)19(7,8)17(11,3)4/h1-10H3. The number of methoxy groups -OCH3 is 2. The van der Waals surface area contributed by atoms with Crippen molar-refractivity contribution >= 4 is 11.9 Å². The van der Waals surface area contributed by atoms with Crippen LogP contribution >= 0.6 is 0 Å². The van der Waals surface area contributed by atoms with Crippen LogP contribution in [0.25, 0.3) is 0 Å². The minimum Gasteiger partial charge on any atom is -0.465 e. The van der Waals surface area contributed by atoms with Crippen molar-refractivity contribution in [3.63, 3.8) is 0 Å². The Labute approximate surface area is 139 Å². The van der Waals surface area contributed by atoms with Gasteiger partial charge in [-0.1, -0.05) is 52.7 Å². The van der Waals surface area contributed by atoms with Gasteiger partial charge in [0.15, 0.2) is 0 Å². The van der Waals surface area contributed by atoms with Crippen LogP contribution in [0.3, 0.4) is 0 Å². The van der Waals surface area contributed by atoms with Crippen molar-refractivity contribution in [2.24, 2.45) is 16.2 Å². The highest BCUT2D eigenvalue weighted by atomic mass is 16.5. The number of carbonyl (C=O) groups excluding carboxylic acids is 2. The predicted octanol–water partition coefficient (Wildman–Crippen LogP) is 4.06. The Kier molecular flexibility index (Phi) is 4.91. The lowest BCUT2D eigenvalue weighted by Crippen LogP contribution is -2.45. The molecule has 1 rings (SSSR count). The summed E-state index contributed by atoms with van der Waals surface area (Å²) in [6.07, 6.45) is 0. The summed E-state index contributed by atoms with van der Waals surface area (Å²) >= 11 is 0. The van der Waals surface area contributed by atoms with Crippen molar-refractivity contribution < 1.29 is 19.1 Å². The van der Waals surface area contributed by atoms with Crippen LogP contribution in [0.4, 0.5) is 0 Å². The van der Waals surface area contributed by atoms with Gasteiger partial charge >= 0.3 is 11.9 Å². The molecule has 0 radical (unpaired) electrons. The highest BCUT2D eigenvalue weighted by Gasteiger charge is 2.54. The van der Waals surface area contributed by atoms with Crippen LogP contribution in [0.2, 0.25) is 0 Å². The molecule has 1 aliphatic carbocycles. The van der Waals surface area contributed by atoms with Crippen LogP contribution in [-0.2, 0) is 19.1 Å². The van der Waals surface area contributed by atoms with Crippen LogP contribution in [0.15, 0.2) is 22.3 Å². The molecule has 0 saturated heterocycles. The lowest BCUT2D eigenvalue weighted by Gasteiger charge is -2.52. The summed E-state index contributed by atoms with van der Waals surface area (Å²) < 4.78 is 9.96. The number of hydrogen-bond donors (Lipinski definition) is 0. The highest BCUT2D eigenvalue weighted by Crippen LogP contribution is 2.61. The predicted molar refractivity (Wildman–Crippen MR) is 90.8 cm³/mol. The van der Waals surface area contributed by atoms with E-state index >= 15 is 0 Å². The minimum atomic E-state index is -0.496. The molecule has 0 saturated carbocycles. The van der Waals surface area contributed by atoms with Crippen molar-refractivity contribution in [3.05, 3.63) is 22.3 Å². The molecule has 0 aliphatic heterocycles. The zero-order valence-electron chi connectivity index (χ0n) is 16.1. The Bertz CT molecular complexity index is 549. The second-order valence-electron chi connectivity index (χ2n) is 7.86. The average molecular weight is 322 g/mol. The lowest BCUT2D eigenvalue weighted by molar-refractivity contribution is -0.139. The molecule has 23 heavy (non-hydrogen) atoms. The van der Waals surface area contributed by atoms with Crippen molar-refractivity contribution in [1.82, 2.24) is 0 Å². The van der Waals surface area contributed by atoms with Crippen molar-refractivity contribution in [1.29, 1.82) is 0 Å². The fourth-order valence-corrected chi connectivity index (χ4v) is 3.43. The van der Waals surface area contributed by atoms with Gasteiger partial charge in [-0.05, 0) is 30.1 Å². The molecule has 0 aromatic heterocycles. The Morgan fingerprint density at radius 1 is 0.696 bits per heavy atom. The third kappa shape index (κ3) is 2.52. The number of carbonyl (C=O) groups is 2. The Morgan fingerprint density at radius 3 is 1.17 bits per heavy atom. The molecule has 4 nitrogen and oxygen atoms in total. The van der Waals surface area contributed by atoms with Gasteiger partial charge in [-0.2, -0.15) is 0 Å². The van der Waals surface area contributed by atoms with E-state index in [4.69, 9.17) is 9.47 Å². The van der Waals surface area contributed by atoms with Crippen LogP contribution < -0.4 is 0 Å².